The molecule has 0 aromatic rings. The quantitative estimate of drug-likeness (QED) is 0.720. The largest absolute Gasteiger partial charge is 0.584 e. The zero-order chi connectivity index (χ0) is 10.9. The SMILES string of the molecule is [CH2-]N([CH-]C(=O)C(C)(C)C)C(C)(C)C.[Y]. The smallest absolute Gasteiger partial charge is 0.0147 e. The molecule has 0 fully saturated rings. The number of rotatable bonds is 2. The molecule has 0 unspecified atom stereocenters. The second-order valence-electron chi connectivity index (χ2n) is 5.38. The Labute approximate surface area is 114 Å². The van der Waals surface area contributed by atoms with E-state index < -0.39 is 0 Å². The summed E-state index contributed by atoms with van der Waals surface area (Å²) >= 11 is 0. The minimum atomic E-state index is -0.318. The summed E-state index contributed by atoms with van der Waals surface area (Å²) in [4.78, 5) is 13.3. The van der Waals surface area contributed by atoms with Gasteiger partial charge >= 0.3 is 0 Å². The van der Waals surface area contributed by atoms with E-state index in [9.17, 15) is 4.79 Å². The molecule has 0 aromatic carbocycles. The van der Waals surface area contributed by atoms with Crippen LogP contribution in [0, 0.1) is 19.0 Å². The maximum atomic E-state index is 11.6. The van der Waals surface area contributed by atoms with Crippen molar-refractivity contribution in [3.63, 3.8) is 0 Å². The van der Waals surface area contributed by atoms with Gasteiger partial charge in [0.1, 0.15) is 0 Å². The minimum absolute atomic E-state index is 0. The average Bonchev–Trinajstić information content (AvgIpc) is 1.82. The summed E-state index contributed by atoms with van der Waals surface area (Å²) in [7, 11) is 3.82. The molecule has 14 heavy (non-hydrogen) atoms. The Morgan fingerprint density at radius 3 is 1.71 bits per heavy atom. The second-order valence-corrected chi connectivity index (χ2v) is 5.38. The van der Waals surface area contributed by atoms with E-state index in [4.69, 9.17) is 0 Å². The first kappa shape index (κ1) is 17.0. The summed E-state index contributed by atoms with van der Waals surface area (Å²) < 4.78 is 0. The predicted molar refractivity (Wildman–Crippen MR) is 55.7 cm³/mol. The van der Waals surface area contributed by atoms with E-state index in [1.54, 1.807) is 11.4 Å². The van der Waals surface area contributed by atoms with E-state index in [-0.39, 0.29) is 49.4 Å². The molecule has 0 bridgehead atoms. The first-order chi connectivity index (χ1) is 5.55. The van der Waals surface area contributed by atoms with Crippen LogP contribution >= 0.6 is 0 Å². The van der Waals surface area contributed by atoms with Crippen LogP contribution in [0.1, 0.15) is 41.5 Å². The number of carbonyl (C=O) groups excluding carboxylic acids is 1. The zero-order valence-corrected chi connectivity index (χ0v) is 13.1. The molecule has 0 aromatic heterocycles. The molecule has 0 aliphatic heterocycles. The van der Waals surface area contributed by atoms with Gasteiger partial charge in [0.25, 0.3) is 0 Å². The normalized spacial score (nSPS) is 12.3. The molecular weight excluding hydrogens is 251 g/mol. The van der Waals surface area contributed by atoms with Crippen LogP contribution in [0.4, 0.5) is 0 Å². The van der Waals surface area contributed by atoms with E-state index in [1.807, 2.05) is 41.5 Å². The van der Waals surface area contributed by atoms with Gasteiger partial charge in [0.15, 0.2) is 0 Å². The number of nitrogens with zero attached hydrogens (tertiary/aromatic N) is 1. The zero-order valence-electron chi connectivity index (χ0n) is 10.2. The summed E-state index contributed by atoms with van der Waals surface area (Å²) in [6.07, 6.45) is 0. The standard InChI is InChI=1S/C11H21NO.Y/c1-10(2,3)9(13)8-12(7)11(4,5)6;/h8H,7H2,1-6H3;/q-2;. The van der Waals surface area contributed by atoms with Crippen LogP contribution in [0.2, 0.25) is 0 Å². The van der Waals surface area contributed by atoms with Crippen LogP contribution in [0.15, 0.2) is 0 Å². The summed E-state index contributed by atoms with van der Waals surface area (Å²) in [5, 5.41) is 0. The Hall–Kier alpha value is 0.604. The maximum absolute atomic E-state index is 11.6. The summed E-state index contributed by atoms with van der Waals surface area (Å²) in [5.41, 5.74) is -0.415. The number of carbonyl (C=O) groups is 1. The molecule has 0 heterocycles. The van der Waals surface area contributed by atoms with Crippen LogP contribution in [-0.4, -0.2) is 16.2 Å². The third-order valence-corrected chi connectivity index (χ3v) is 1.87. The van der Waals surface area contributed by atoms with Gasteiger partial charge in [0.05, 0.1) is 0 Å². The van der Waals surface area contributed by atoms with E-state index in [0.29, 0.717) is 0 Å². The summed E-state index contributed by atoms with van der Waals surface area (Å²) in [5.74, 6) is 0.109. The molecule has 0 atom stereocenters. The van der Waals surface area contributed by atoms with Crippen molar-refractivity contribution in [2.24, 2.45) is 5.41 Å². The molecule has 81 valence electrons. The predicted octanol–water partition coefficient (Wildman–Crippen LogP) is 2.65. The van der Waals surface area contributed by atoms with Crippen molar-refractivity contribution in [1.82, 2.24) is 4.90 Å². The number of ketones is 1. The van der Waals surface area contributed by atoms with Gasteiger partial charge in [-0.1, -0.05) is 41.5 Å². The summed E-state index contributed by atoms with van der Waals surface area (Å²) in [6.45, 7) is 13.4. The maximum Gasteiger partial charge on any atom is 0.0147 e. The number of Topliss-reactive ketones (excluding diaryl/α,β-unsaturated/α-hetero) is 1. The molecule has 0 aliphatic carbocycles. The molecule has 0 N–H and O–H groups in total. The number of hydrogen-bond acceptors (Lipinski definition) is 2. The van der Waals surface area contributed by atoms with Crippen molar-refractivity contribution in [2.75, 3.05) is 0 Å². The van der Waals surface area contributed by atoms with Gasteiger partial charge in [0, 0.05) is 38.5 Å². The molecule has 0 saturated heterocycles. The van der Waals surface area contributed by atoms with Gasteiger partial charge in [-0.25, -0.2) is 0 Å². The topological polar surface area (TPSA) is 20.3 Å². The van der Waals surface area contributed by atoms with E-state index in [2.05, 4.69) is 7.05 Å². The van der Waals surface area contributed by atoms with E-state index in [0.717, 1.165) is 0 Å². The Balaban J connectivity index is 0. The Kier molecular flexibility index (Phi) is 6.83. The van der Waals surface area contributed by atoms with Crippen molar-refractivity contribution in [2.45, 2.75) is 47.1 Å². The van der Waals surface area contributed by atoms with Crippen molar-refractivity contribution >= 4 is 5.78 Å². The van der Waals surface area contributed by atoms with Crippen LogP contribution in [0.3, 0.4) is 0 Å². The van der Waals surface area contributed by atoms with Gasteiger partial charge in [0.2, 0.25) is 0 Å². The van der Waals surface area contributed by atoms with Gasteiger partial charge in [-0.05, 0) is 11.0 Å². The van der Waals surface area contributed by atoms with Crippen LogP contribution in [-0.2, 0) is 37.5 Å². The van der Waals surface area contributed by atoms with Crippen molar-refractivity contribution in [1.29, 1.82) is 0 Å². The van der Waals surface area contributed by atoms with Crippen LogP contribution in [0.25, 0.3) is 0 Å². The van der Waals surface area contributed by atoms with Crippen molar-refractivity contribution in [3.05, 3.63) is 13.6 Å². The first-order valence-electron chi connectivity index (χ1n) is 4.54. The minimum Gasteiger partial charge on any atom is -0.584 e. The second kappa shape index (κ2) is 5.62. The molecule has 2 nitrogen and oxygen atoms in total. The molecule has 3 heteroatoms. The van der Waals surface area contributed by atoms with E-state index in [1.165, 1.54) is 0 Å². The Morgan fingerprint density at radius 2 is 1.50 bits per heavy atom. The molecule has 0 saturated carbocycles. The fourth-order valence-electron chi connectivity index (χ4n) is 0.529. The van der Waals surface area contributed by atoms with Gasteiger partial charge in [-0.15, -0.1) is 0 Å². The molecular formula is C11H21NOY-2. The molecule has 1 radical (unpaired) electrons. The van der Waals surface area contributed by atoms with Crippen LogP contribution < -0.4 is 0 Å². The average molecular weight is 272 g/mol. The molecule has 0 aliphatic rings. The summed E-state index contributed by atoms with van der Waals surface area (Å²) in [6, 6.07) is 0. The fraction of sp³-hybridized carbons (Fsp3) is 0.727. The van der Waals surface area contributed by atoms with Crippen molar-refractivity contribution in [3.8, 4) is 0 Å². The van der Waals surface area contributed by atoms with Gasteiger partial charge in [-0.2, -0.15) is 0 Å². The monoisotopic (exact) mass is 272 g/mol. The molecule has 0 spiro atoms. The Morgan fingerprint density at radius 1 is 1.14 bits per heavy atom. The number of hydrogen-bond donors (Lipinski definition) is 0. The molecule has 0 amide bonds. The van der Waals surface area contributed by atoms with Gasteiger partial charge < -0.3 is 16.7 Å². The molecule has 0 rings (SSSR count). The first-order valence-corrected chi connectivity index (χ1v) is 4.54. The fourth-order valence-corrected chi connectivity index (χ4v) is 0.529. The Bertz CT molecular complexity index is 188. The van der Waals surface area contributed by atoms with Crippen LogP contribution in [0.5, 0.6) is 0 Å². The van der Waals surface area contributed by atoms with Gasteiger partial charge in [-0.3, -0.25) is 6.54 Å². The van der Waals surface area contributed by atoms with Crippen molar-refractivity contribution < 1.29 is 37.5 Å². The third kappa shape index (κ3) is 6.16. The van der Waals surface area contributed by atoms with E-state index >= 15 is 0 Å². The third-order valence-electron chi connectivity index (χ3n) is 1.87.